The van der Waals surface area contributed by atoms with Crippen molar-refractivity contribution in [3.05, 3.63) is 72.3 Å². The molecule has 3 aromatic carbocycles. The van der Waals surface area contributed by atoms with Crippen molar-refractivity contribution in [3.63, 3.8) is 0 Å². The zero-order valence-electron chi connectivity index (χ0n) is 23.4. The topological polar surface area (TPSA) is 82.6 Å². The Bertz CT molecular complexity index is 1410. The number of halogens is 3. The number of alkyl halides is 3. The fraction of sp³-hybridized carbons (Fsp3) is 0.387. The number of benzene rings is 3. The number of nitrogens with zero attached hydrogens (tertiary/aromatic N) is 1. The Hall–Kier alpha value is -3.76. The molecule has 1 saturated heterocycles. The lowest BCUT2D eigenvalue weighted by atomic mass is 9.74. The van der Waals surface area contributed by atoms with Gasteiger partial charge >= 0.3 is 12.4 Å². The molecule has 10 heteroatoms. The predicted molar refractivity (Wildman–Crippen MR) is 155 cm³/mol. The minimum absolute atomic E-state index is 0.125. The quantitative estimate of drug-likeness (QED) is 0.244. The van der Waals surface area contributed by atoms with Gasteiger partial charge in [0.1, 0.15) is 11.4 Å². The Morgan fingerprint density at radius 1 is 0.976 bits per heavy atom. The summed E-state index contributed by atoms with van der Waals surface area (Å²) in [5, 5.41) is 20.5. The lowest BCUT2D eigenvalue weighted by molar-refractivity contribution is -0.274. The molecule has 2 aliphatic heterocycles. The lowest BCUT2D eigenvalue weighted by Crippen LogP contribution is -2.53. The number of hydrogen-bond acceptors (Lipinski definition) is 4. The highest BCUT2D eigenvalue weighted by atomic mass is 19.4. The average Bonchev–Trinajstić information content (AvgIpc) is 3.14. The highest BCUT2D eigenvalue weighted by molar-refractivity contribution is 6.02. The molecule has 0 aliphatic carbocycles. The number of carbonyl (C=O) groups excluding carboxylic acids is 1. The first kappa shape index (κ1) is 28.8. The van der Waals surface area contributed by atoms with E-state index >= 15 is 0 Å². The predicted octanol–water partition coefficient (Wildman–Crippen LogP) is 7.25. The van der Waals surface area contributed by atoms with E-state index in [1.165, 1.54) is 12.1 Å². The zero-order valence-corrected chi connectivity index (χ0v) is 23.4. The number of aromatic hydroxyl groups is 1. The molecule has 1 atom stereocenters. The highest BCUT2D eigenvalue weighted by Crippen LogP contribution is 2.59. The molecule has 41 heavy (non-hydrogen) atoms. The number of urea groups is 1. The minimum Gasteiger partial charge on any atom is -0.503 e. The van der Waals surface area contributed by atoms with Gasteiger partial charge in [0.15, 0.2) is 17.1 Å². The van der Waals surface area contributed by atoms with Crippen LogP contribution in [0.15, 0.2) is 66.7 Å². The summed E-state index contributed by atoms with van der Waals surface area (Å²) in [6.07, 6.45) is -2.91. The molecule has 1 spiro atoms. The van der Waals surface area contributed by atoms with Crippen molar-refractivity contribution in [1.82, 2.24) is 9.80 Å². The largest absolute Gasteiger partial charge is 0.573 e. The second kappa shape index (κ2) is 10.6. The van der Waals surface area contributed by atoms with Gasteiger partial charge in [-0.15, -0.1) is 13.2 Å². The van der Waals surface area contributed by atoms with Gasteiger partial charge in [-0.1, -0.05) is 45.0 Å². The number of ether oxygens (including phenoxy) is 1. The molecule has 1 unspecified atom stereocenters. The van der Waals surface area contributed by atoms with Crippen LogP contribution < -0.4 is 25.2 Å². The van der Waals surface area contributed by atoms with E-state index in [0.29, 0.717) is 22.4 Å². The lowest BCUT2D eigenvalue weighted by Gasteiger charge is -2.42. The van der Waals surface area contributed by atoms with Crippen LogP contribution >= 0.6 is 0 Å². The monoisotopic (exact) mass is 569 g/mol. The smallest absolute Gasteiger partial charge is 0.503 e. The Kier molecular flexibility index (Phi) is 7.42. The van der Waals surface area contributed by atoms with Gasteiger partial charge in [0.25, 0.3) is 0 Å². The van der Waals surface area contributed by atoms with Crippen LogP contribution in [0.5, 0.6) is 11.5 Å². The molecule has 2 aliphatic rings. The van der Waals surface area contributed by atoms with Crippen molar-refractivity contribution in [2.75, 3.05) is 36.8 Å². The van der Waals surface area contributed by atoms with Crippen molar-refractivity contribution >= 4 is 28.8 Å². The molecule has 0 aromatic heterocycles. The molecule has 0 saturated carbocycles. The van der Waals surface area contributed by atoms with Gasteiger partial charge < -0.3 is 25.8 Å². The van der Waals surface area contributed by atoms with Crippen LogP contribution in [0.3, 0.4) is 0 Å². The van der Waals surface area contributed by atoms with E-state index in [1.54, 1.807) is 6.07 Å². The third kappa shape index (κ3) is 5.99. The maximum absolute atomic E-state index is 13.2. The van der Waals surface area contributed by atoms with Crippen LogP contribution in [0.1, 0.15) is 39.2 Å². The molecule has 3 aromatic rings. The number of piperidine rings is 1. The van der Waals surface area contributed by atoms with Gasteiger partial charge in [0.05, 0.1) is 18.5 Å². The van der Waals surface area contributed by atoms with Crippen molar-refractivity contribution < 1.29 is 27.8 Å². The fourth-order valence-electron chi connectivity index (χ4n) is 6.64. The van der Waals surface area contributed by atoms with Crippen LogP contribution in [0, 0.1) is 5.41 Å². The molecule has 1 fully saturated rings. The molecular formula is C31H36F3N4O3+. The maximum Gasteiger partial charge on any atom is 0.573 e. The van der Waals surface area contributed by atoms with E-state index in [2.05, 4.69) is 47.5 Å². The van der Waals surface area contributed by atoms with E-state index in [4.69, 9.17) is 0 Å². The number of quaternary nitrogens is 1. The third-order valence-corrected chi connectivity index (χ3v) is 7.85. The van der Waals surface area contributed by atoms with Gasteiger partial charge in [0, 0.05) is 22.7 Å². The fourth-order valence-corrected chi connectivity index (χ4v) is 6.64. The highest BCUT2D eigenvalue weighted by Gasteiger charge is 2.57. The number of anilines is 2. The minimum atomic E-state index is -4.79. The molecule has 0 radical (unpaired) electrons. The van der Waals surface area contributed by atoms with Crippen LogP contribution in [-0.4, -0.2) is 43.7 Å². The van der Waals surface area contributed by atoms with E-state index in [-0.39, 0.29) is 22.3 Å². The van der Waals surface area contributed by atoms with E-state index < -0.39 is 12.4 Å². The number of nitrogens with one attached hydrogen (secondary N) is 3. The molecule has 5 rings (SSSR count). The van der Waals surface area contributed by atoms with Crippen LogP contribution in [0.4, 0.5) is 40.7 Å². The normalized spacial score (nSPS) is 20.0. The summed E-state index contributed by atoms with van der Waals surface area (Å²) >= 11 is 0. The number of phenols is 1. The summed E-state index contributed by atoms with van der Waals surface area (Å²) < 4.78 is 41.8. The number of phenolic OH excluding ortho intramolecular Hbond substituents is 1. The summed E-state index contributed by atoms with van der Waals surface area (Å²) in [6, 6.07) is 17.8. The van der Waals surface area contributed by atoms with Gasteiger partial charge in [-0.05, 0) is 62.3 Å². The summed E-state index contributed by atoms with van der Waals surface area (Å²) in [7, 11) is 0. The average molecular weight is 570 g/mol. The van der Waals surface area contributed by atoms with E-state index in [9.17, 15) is 23.1 Å². The maximum atomic E-state index is 13.2. The summed E-state index contributed by atoms with van der Waals surface area (Å²) in [4.78, 5) is 13.2. The number of hydrogen-bond donors (Lipinski definition) is 4. The van der Waals surface area contributed by atoms with Gasteiger partial charge in [0.2, 0.25) is 0 Å². The Morgan fingerprint density at radius 2 is 1.66 bits per heavy atom. The third-order valence-electron chi connectivity index (χ3n) is 7.85. The van der Waals surface area contributed by atoms with Crippen LogP contribution in [0.25, 0.3) is 0 Å². The summed E-state index contributed by atoms with van der Waals surface area (Å²) in [5.41, 5.74) is 3.54. The number of fused-ring (bicyclic) bond motifs is 2. The van der Waals surface area contributed by atoms with Gasteiger partial charge in [-0.25, -0.2) is 4.79 Å². The van der Waals surface area contributed by atoms with Gasteiger partial charge in [-0.3, -0.25) is 4.48 Å². The number of rotatable bonds is 5. The molecule has 4 N–H and O–H groups in total. The standard InChI is InChI=1S/C31H35F3N4O3/c1-29(2,3)19-38(20-30(15-17-35-18-16-30)23-7-6-10-26(39)27(23)38)25-9-5-4-8-24(25)37-28(40)36-21-11-13-22(14-12-21)41-31(32,33)34/h4-14,35H,15-20H2,1-3H3,(H2-,36,37,39,40)/p+1. The molecule has 218 valence electrons. The number of carbonyl (C=O) groups is 1. The van der Waals surface area contributed by atoms with E-state index in [0.717, 1.165) is 61.5 Å². The zero-order chi connectivity index (χ0) is 29.5. The first-order chi connectivity index (χ1) is 19.3. The second-order valence-electron chi connectivity index (χ2n) is 12.2. The number of amides is 2. The Balaban J connectivity index is 1.51. The molecule has 7 nitrogen and oxygen atoms in total. The van der Waals surface area contributed by atoms with Crippen LogP contribution in [0.2, 0.25) is 0 Å². The summed E-state index contributed by atoms with van der Waals surface area (Å²) in [6.45, 7) is 9.74. The molecule has 2 heterocycles. The van der Waals surface area contributed by atoms with Crippen molar-refractivity contribution in [3.8, 4) is 11.5 Å². The van der Waals surface area contributed by atoms with Crippen LogP contribution in [-0.2, 0) is 5.41 Å². The Morgan fingerprint density at radius 3 is 2.32 bits per heavy atom. The molecular weight excluding hydrogens is 533 g/mol. The molecule has 2 amide bonds. The van der Waals surface area contributed by atoms with Gasteiger partial charge in [-0.2, -0.15) is 0 Å². The summed E-state index contributed by atoms with van der Waals surface area (Å²) in [5.74, 6) is -0.135. The van der Waals surface area contributed by atoms with Crippen molar-refractivity contribution in [1.29, 1.82) is 0 Å². The van der Waals surface area contributed by atoms with Crippen molar-refractivity contribution in [2.45, 2.75) is 45.4 Å². The molecule has 0 bridgehead atoms. The van der Waals surface area contributed by atoms with E-state index in [1.807, 2.05) is 30.3 Å². The second-order valence-corrected chi connectivity index (χ2v) is 12.2. The number of para-hydroxylation sites is 3. The first-order valence-corrected chi connectivity index (χ1v) is 13.7. The van der Waals surface area contributed by atoms with Crippen molar-refractivity contribution in [2.24, 2.45) is 5.41 Å². The SMILES string of the molecule is CC(C)(C)C[N+]1(c2ccccc2NC(=O)Nc2ccc(OC(F)(F)F)cc2)CC2(CCNCC2)c2cccc(O)c21. The first-order valence-electron chi connectivity index (χ1n) is 13.7. The Labute approximate surface area is 237 Å².